The Morgan fingerprint density at radius 3 is 2.68 bits per heavy atom. The quantitative estimate of drug-likeness (QED) is 0.803. The molecule has 2 rings (SSSR count). The Kier molecular flexibility index (Phi) is 4.13. The largest absolute Gasteiger partial charge is 0.479 e. The topological polar surface area (TPSA) is 83.6 Å². The lowest BCUT2D eigenvalue weighted by Gasteiger charge is -2.36. The van der Waals surface area contributed by atoms with Gasteiger partial charge in [-0.05, 0) is 44.6 Å². The van der Waals surface area contributed by atoms with Crippen LogP contribution in [0, 0.1) is 11.8 Å². The number of nitrogens with two attached hydrogens (primary N) is 1. The molecule has 0 aromatic rings. The first-order valence-corrected chi connectivity index (χ1v) is 7.31. The number of aliphatic carboxylic acids is 1. The molecular weight excluding hydrogens is 244 g/mol. The standard InChI is InChI=1S/C14H24N2O3/c1-2-14(13(18)19)7-4-8-16(14)12(17)11-6-3-5-10(11)9-15/h10-11H,2-9,15H2,1H3,(H,18,19). The van der Waals surface area contributed by atoms with Gasteiger partial charge in [-0.3, -0.25) is 4.79 Å². The monoisotopic (exact) mass is 268 g/mol. The lowest BCUT2D eigenvalue weighted by molar-refractivity contribution is -0.159. The Labute approximate surface area is 114 Å². The third-order valence-electron chi connectivity index (χ3n) is 5.02. The van der Waals surface area contributed by atoms with Crippen molar-refractivity contribution in [3.05, 3.63) is 0 Å². The zero-order chi connectivity index (χ0) is 14.0. The summed E-state index contributed by atoms with van der Waals surface area (Å²) in [6, 6.07) is 0. The van der Waals surface area contributed by atoms with Gasteiger partial charge in [-0.2, -0.15) is 0 Å². The highest BCUT2D eigenvalue weighted by molar-refractivity contribution is 5.89. The van der Waals surface area contributed by atoms with E-state index in [1.54, 1.807) is 4.90 Å². The summed E-state index contributed by atoms with van der Waals surface area (Å²) in [6.45, 7) is 2.96. The molecule has 0 radical (unpaired) electrons. The number of carbonyl (C=O) groups excluding carboxylic acids is 1. The van der Waals surface area contributed by atoms with Gasteiger partial charge in [-0.25, -0.2) is 4.79 Å². The molecule has 2 fully saturated rings. The molecule has 1 saturated heterocycles. The second-order valence-electron chi connectivity index (χ2n) is 5.82. The van der Waals surface area contributed by atoms with Crippen LogP contribution in [0.15, 0.2) is 0 Å². The molecule has 0 aromatic carbocycles. The number of carboxylic acids is 1. The van der Waals surface area contributed by atoms with E-state index in [-0.39, 0.29) is 17.7 Å². The third-order valence-corrected chi connectivity index (χ3v) is 5.02. The predicted octanol–water partition coefficient (Wildman–Crippen LogP) is 1.22. The smallest absolute Gasteiger partial charge is 0.329 e. The van der Waals surface area contributed by atoms with Gasteiger partial charge in [0, 0.05) is 12.5 Å². The summed E-state index contributed by atoms with van der Waals surface area (Å²) in [5, 5.41) is 9.53. The highest BCUT2D eigenvalue weighted by atomic mass is 16.4. The molecule has 3 unspecified atom stereocenters. The molecule has 5 heteroatoms. The average molecular weight is 268 g/mol. The number of amides is 1. The van der Waals surface area contributed by atoms with E-state index in [4.69, 9.17) is 5.73 Å². The van der Waals surface area contributed by atoms with Gasteiger partial charge in [-0.1, -0.05) is 13.3 Å². The van der Waals surface area contributed by atoms with E-state index in [9.17, 15) is 14.7 Å². The molecule has 1 aliphatic carbocycles. The molecule has 3 atom stereocenters. The number of carboxylic acid groups (broad SMARTS) is 1. The highest BCUT2D eigenvalue weighted by Gasteiger charge is 2.50. The number of hydrogen-bond donors (Lipinski definition) is 2. The normalized spacial score (nSPS) is 34.7. The predicted molar refractivity (Wildman–Crippen MR) is 71.5 cm³/mol. The van der Waals surface area contributed by atoms with E-state index in [0.29, 0.717) is 25.9 Å². The van der Waals surface area contributed by atoms with Crippen LogP contribution >= 0.6 is 0 Å². The second-order valence-corrected chi connectivity index (χ2v) is 5.82. The van der Waals surface area contributed by atoms with Gasteiger partial charge in [0.25, 0.3) is 0 Å². The zero-order valence-corrected chi connectivity index (χ0v) is 11.6. The van der Waals surface area contributed by atoms with E-state index < -0.39 is 11.5 Å². The van der Waals surface area contributed by atoms with E-state index in [1.165, 1.54) is 0 Å². The van der Waals surface area contributed by atoms with Crippen LogP contribution in [-0.2, 0) is 9.59 Å². The minimum absolute atomic E-state index is 0.0229. The number of hydrogen-bond acceptors (Lipinski definition) is 3. The number of rotatable bonds is 4. The van der Waals surface area contributed by atoms with Crippen LogP contribution in [0.3, 0.4) is 0 Å². The molecule has 1 heterocycles. The highest BCUT2D eigenvalue weighted by Crippen LogP contribution is 2.39. The zero-order valence-electron chi connectivity index (χ0n) is 11.6. The lowest BCUT2D eigenvalue weighted by atomic mass is 9.89. The first kappa shape index (κ1) is 14.3. The molecule has 0 spiro atoms. The maximum atomic E-state index is 12.7. The van der Waals surface area contributed by atoms with Crippen molar-refractivity contribution in [2.24, 2.45) is 17.6 Å². The molecule has 5 nitrogen and oxygen atoms in total. The Balaban J connectivity index is 2.20. The summed E-state index contributed by atoms with van der Waals surface area (Å²) >= 11 is 0. The molecule has 3 N–H and O–H groups in total. The summed E-state index contributed by atoms with van der Waals surface area (Å²) in [4.78, 5) is 26.0. The van der Waals surface area contributed by atoms with E-state index in [2.05, 4.69) is 0 Å². The molecule has 108 valence electrons. The first-order valence-electron chi connectivity index (χ1n) is 7.31. The minimum Gasteiger partial charge on any atom is -0.479 e. The van der Waals surface area contributed by atoms with Gasteiger partial charge in [0.15, 0.2) is 0 Å². The Bertz CT molecular complexity index is 372. The van der Waals surface area contributed by atoms with Crippen molar-refractivity contribution in [1.82, 2.24) is 4.90 Å². The number of carbonyl (C=O) groups is 2. The maximum absolute atomic E-state index is 12.7. The average Bonchev–Trinajstić information content (AvgIpc) is 3.04. The fourth-order valence-corrected chi connectivity index (χ4v) is 3.79. The summed E-state index contributed by atoms with van der Waals surface area (Å²) < 4.78 is 0. The van der Waals surface area contributed by atoms with Crippen molar-refractivity contribution >= 4 is 11.9 Å². The third kappa shape index (κ3) is 2.24. The van der Waals surface area contributed by atoms with Crippen LogP contribution in [0.5, 0.6) is 0 Å². The van der Waals surface area contributed by atoms with Crippen molar-refractivity contribution in [2.75, 3.05) is 13.1 Å². The van der Waals surface area contributed by atoms with Crippen LogP contribution in [-0.4, -0.2) is 40.5 Å². The Morgan fingerprint density at radius 2 is 2.11 bits per heavy atom. The number of likely N-dealkylation sites (tertiary alicyclic amines) is 1. The van der Waals surface area contributed by atoms with Gasteiger partial charge in [0.1, 0.15) is 5.54 Å². The first-order chi connectivity index (χ1) is 9.06. The number of nitrogens with zero attached hydrogens (tertiary/aromatic N) is 1. The van der Waals surface area contributed by atoms with Crippen LogP contribution in [0.1, 0.15) is 45.4 Å². The van der Waals surface area contributed by atoms with Crippen molar-refractivity contribution in [3.63, 3.8) is 0 Å². The van der Waals surface area contributed by atoms with Gasteiger partial charge in [-0.15, -0.1) is 0 Å². The summed E-state index contributed by atoms with van der Waals surface area (Å²) in [7, 11) is 0. The molecule has 1 saturated carbocycles. The van der Waals surface area contributed by atoms with Gasteiger partial charge in [0.05, 0.1) is 0 Å². The minimum atomic E-state index is -0.973. The summed E-state index contributed by atoms with van der Waals surface area (Å²) in [6.07, 6.45) is 4.71. The van der Waals surface area contributed by atoms with E-state index >= 15 is 0 Å². The van der Waals surface area contributed by atoms with Crippen molar-refractivity contribution in [2.45, 2.75) is 51.0 Å². The Hall–Kier alpha value is -1.10. The molecule has 0 aromatic heterocycles. The van der Waals surface area contributed by atoms with E-state index in [1.807, 2.05) is 6.92 Å². The summed E-state index contributed by atoms with van der Waals surface area (Å²) in [5.41, 5.74) is 4.76. The molecule has 19 heavy (non-hydrogen) atoms. The summed E-state index contributed by atoms with van der Waals surface area (Å²) in [5.74, 6) is -0.664. The fourth-order valence-electron chi connectivity index (χ4n) is 3.79. The SMILES string of the molecule is CCC1(C(=O)O)CCCN1C(=O)C1CCCC1CN. The molecular formula is C14H24N2O3. The fraction of sp³-hybridized carbons (Fsp3) is 0.857. The van der Waals surface area contributed by atoms with Gasteiger partial charge >= 0.3 is 5.97 Å². The van der Waals surface area contributed by atoms with Crippen molar-refractivity contribution in [1.29, 1.82) is 0 Å². The lowest BCUT2D eigenvalue weighted by Crippen LogP contribution is -2.54. The molecule has 1 amide bonds. The van der Waals surface area contributed by atoms with Crippen LogP contribution in [0.25, 0.3) is 0 Å². The second kappa shape index (κ2) is 5.49. The van der Waals surface area contributed by atoms with Gasteiger partial charge < -0.3 is 15.7 Å². The molecule has 2 aliphatic rings. The van der Waals surface area contributed by atoms with Crippen LogP contribution < -0.4 is 5.73 Å². The van der Waals surface area contributed by atoms with E-state index in [0.717, 1.165) is 25.7 Å². The van der Waals surface area contributed by atoms with Crippen LogP contribution in [0.4, 0.5) is 0 Å². The van der Waals surface area contributed by atoms with Crippen LogP contribution in [0.2, 0.25) is 0 Å². The Morgan fingerprint density at radius 1 is 1.37 bits per heavy atom. The maximum Gasteiger partial charge on any atom is 0.329 e. The molecule has 0 bridgehead atoms. The van der Waals surface area contributed by atoms with Crippen molar-refractivity contribution in [3.8, 4) is 0 Å². The molecule has 1 aliphatic heterocycles. The van der Waals surface area contributed by atoms with Crippen molar-refractivity contribution < 1.29 is 14.7 Å². The van der Waals surface area contributed by atoms with Gasteiger partial charge in [0.2, 0.25) is 5.91 Å².